The van der Waals surface area contributed by atoms with Crippen LogP contribution in [0.25, 0.3) is 11.1 Å². The molecule has 0 saturated heterocycles. The van der Waals surface area contributed by atoms with Gasteiger partial charge < -0.3 is 10.5 Å². The summed E-state index contributed by atoms with van der Waals surface area (Å²) in [5, 5.41) is 7.43. The average molecular weight is 285 g/mol. The third kappa shape index (κ3) is 2.75. The molecular formula is C17H23N3O. The van der Waals surface area contributed by atoms with Crippen molar-refractivity contribution in [3.63, 3.8) is 0 Å². The predicted octanol–water partition coefficient (Wildman–Crippen LogP) is 3.96. The number of methoxy groups -OCH3 is 1. The number of nitrogens with zero attached hydrogens (tertiary/aromatic N) is 1. The van der Waals surface area contributed by atoms with E-state index in [2.05, 4.69) is 29.3 Å². The van der Waals surface area contributed by atoms with E-state index in [0.717, 1.165) is 22.8 Å². The van der Waals surface area contributed by atoms with E-state index in [0.29, 0.717) is 11.7 Å². The monoisotopic (exact) mass is 285 g/mol. The number of ether oxygens (including phenoxy) is 1. The maximum atomic E-state index is 6.10. The van der Waals surface area contributed by atoms with Gasteiger partial charge in [0, 0.05) is 17.2 Å². The number of hydrogen-bond acceptors (Lipinski definition) is 3. The molecule has 1 fully saturated rings. The predicted molar refractivity (Wildman–Crippen MR) is 85.4 cm³/mol. The molecule has 0 spiro atoms. The van der Waals surface area contributed by atoms with E-state index in [1.54, 1.807) is 7.11 Å². The van der Waals surface area contributed by atoms with Gasteiger partial charge in [-0.05, 0) is 36.5 Å². The second-order valence-electron chi connectivity index (χ2n) is 6.08. The number of nitrogens with one attached hydrogen (secondary N) is 1. The number of H-pyrrole nitrogens is 1. The summed E-state index contributed by atoms with van der Waals surface area (Å²) in [6.07, 6.45) is 5.00. The van der Waals surface area contributed by atoms with Crippen molar-refractivity contribution in [1.29, 1.82) is 0 Å². The van der Waals surface area contributed by atoms with Crippen molar-refractivity contribution in [1.82, 2.24) is 10.2 Å². The highest BCUT2D eigenvalue weighted by Crippen LogP contribution is 2.40. The Morgan fingerprint density at radius 1 is 1.14 bits per heavy atom. The Balaban J connectivity index is 1.92. The van der Waals surface area contributed by atoms with Crippen LogP contribution in [0.2, 0.25) is 0 Å². The van der Waals surface area contributed by atoms with Gasteiger partial charge in [0.1, 0.15) is 5.75 Å². The summed E-state index contributed by atoms with van der Waals surface area (Å²) in [5.41, 5.74) is 9.48. The first-order chi connectivity index (χ1) is 10.2. The van der Waals surface area contributed by atoms with E-state index in [4.69, 9.17) is 10.5 Å². The lowest BCUT2D eigenvalue weighted by Gasteiger charge is -2.26. The second kappa shape index (κ2) is 5.80. The summed E-state index contributed by atoms with van der Waals surface area (Å²) in [4.78, 5) is 0. The van der Waals surface area contributed by atoms with Crippen molar-refractivity contribution in [3.8, 4) is 16.9 Å². The van der Waals surface area contributed by atoms with Crippen LogP contribution >= 0.6 is 0 Å². The third-order valence-electron chi connectivity index (χ3n) is 4.63. The zero-order valence-corrected chi connectivity index (χ0v) is 12.7. The van der Waals surface area contributed by atoms with Gasteiger partial charge in [-0.1, -0.05) is 31.9 Å². The molecule has 1 heterocycles. The number of rotatable bonds is 3. The first kappa shape index (κ1) is 14.0. The highest BCUT2D eigenvalue weighted by molar-refractivity contribution is 5.77. The number of hydrogen-bond donors (Lipinski definition) is 2. The van der Waals surface area contributed by atoms with Gasteiger partial charge in [0.25, 0.3) is 0 Å². The van der Waals surface area contributed by atoms with Gasteiger partial charge in [0.2, 0.25) is 0 Å². The lowest BCUT2D eigenvalue weighted by atomic mass is 9.80. The normalized spacial score (nSPS) is 22.2. The van der Waals surface area contributed by atoms with Gasteiger partial charge in [0.15, 0.2) is 5.82 Å². The Hall–Kier alpha value is -1.97. The first-order valence-corrected chi connectivity index (χ1v) is 7.67. The summed E-state index contributed by atoms with van der Waals surface area (Å²) in [5.74, 6) is 2.83. The molecule has 3 N–H and O–H groups in total. The number of anilines is 1. The van der Waals surface area contributed by atoms with Crippen LogP contribution in [0.4, 0.5) is 5.82 Å². The second-order valence-corrected chi connectivity index (χ2v) is 6.08. The van der Waals surface area contributed by atoms with Crippen LogP contribution in [0.5, 0.6) is 5.75 Å². The molecule has 1 aliphatic rings. The Kier molecular flexibility index (Phi) is 3.86. The Morgan fingerprint density at radius 3 is 2.43 bits per heavy atom. The van der Waals surface area contributed by atoms with E-state index >= 15 is 0 Å². The number of aromatic nitrogens is 2. The summed E-state index contributed by atoms with van der Waals surface area (Å²) in [6.45, 7) is 2.34. The fourth-order valence-electron chi connectivity index (χ4n) is 3.28. The lowest BCUT2D eigenvalue weighted by molar-refractivity contribution is 0.344. The maximum Gasteiger partial charge on any atom is 0.153 e. The molecule has 3 rings (SSSR count). The minimum atomic E-state index is 0.545. The summed E-state index contributed by atoms with van der Waals surface area (Å²) in [6, 6.07) is 8.03. The molecule has 0 radical (unpaired) electrons. The summed E-state index contributed by atoms with van der Waals surface area (Å²) < 4.78 is 5.22. The first-order valence-electron chi connectivity index (χ1n) is 7.67. The number of nitrogen functional groups attached to an aromatic ring is 1. The van der Waals surface area contributed by atoms with Crippen LogP contribution in [0.15, 0.2) is 24.3 Å². The molecule has 4 nitrogen and oxygen atoms in total. The molecule has 21 heavy (non-hydrogen) atoms. The summed E-state index contributed by atoms with van der Waals surface area (Å²) >= 11 is 0. The zero-order valence-electron chi connectivity index (χ0n) is 12.7. The molecule has 4 heteroatoms. The Bertz CT molecular complexity index is 595. The SMILES string of the molecule is COc1ccc(-c2c(N)n[nH]c2C2CCC(C)CC2)cc1. The molecule has 0 atom stereocenters. The fraction of sp³-hybridized carbons (Fsp3) is 0.471. The molecule has 0 unspecified atom stereocenters. The highest BCUT2D eigenvalue weighted by atomic mass is 16.5. The van der Waals surface area contributed by atoms with Gasteiger partial charge in [0.05, 0.1) is 7.11 Å². The van der Waals surface area contributed by atoms with Crippen molar-refractivity contribution in [2.45, 2.75) is 38.5 Å². The van der Waals surface area contributed by atoms with E-state index < -0.39 is 0 Å². The Morgan fingerprint density at radius 2 is 1.81 bits per heavy atom. The average Bonchev–Trinajstić information content (AvgIpc) is 2.90. The van der Waals surface area contributed by atoms with E-state index in [-0.39, 0.29) is 0 Å². The molecule has 0 bridgehead atoms. The van der Waals surface area contributed by atoms with Gasteiger partial charge in [-0.15, -0.1) is 0 Å². The minimum absolute atomic E-state index is 0.545. The molecule has 1 aromatic carbocycles. The van der Waals surface area contributed by atoms with Crippen molar-refractivity contribution in [2.75, 3.05) is 12.8 Å². The van der Waals surface area contributed by atoms with E-state index in [1.807, 2.05) is 12.1 Å². The number of aromatic amines is 1. The van der Waals surface area contributed by atoms with Gasteiger partial charge >= 0.3 is 0 Å². The van der Waals surface area contributed by atoms with Crippen molar-refractivity contribution in [2.24, 2.45) is 5.92 Å². The van der Waals surface area contributed by atoms with E-state index in [1.165, 1.54) is 31.4 Å². The van der Waals surface area contributed by atoms with Crippen molar-refractivity contribution >= 4 is 5.82 Å². The Labute approximate surface area is 125 Å². The molecule has 1 aliphatic carbocycles. The van der Waals surface area contributed by atoms with Gasteiger partial charge in [-0.25, -0.2) is 0 Å². The molecule has 2 aromatic rings. The van der Waals surface area contributed by atoms with Crippen LogP contribution in [-0.2, 0) is 0 Å². The van der Waals surface area contributed by atoms with Crippen LogP contribution in [0, 0.1) is 5.92 Å². The zero-order chi connectivity index (χ0) is 14.8. The summed E-state index contributed by atoms with van der Waals surface area (Å²) in [7, 11) is 1.68. The standard InChI is InChI=1S/C17H23N3O/c1-11-3-5-13(6-4-11)16-15(17(18)20-19-16)12-7-9-14(21-2)10-8-12/h7-11,13H,3-6H2,1-2H3,(H3,18,19,20). The van der Waals surface area contributed by atoms with Gasteiger partial charge in [-0.3, -0.25) is 5.10 Å². The van der Waals surface area contributed by atoms with Crippen LogP contribution in [-0.4, -0.2) is 17.3 Å². The fourth-order valence-corrected chi connectivity index (χ4v) is 3.28. The topological polar surface area (TPSA) is 63.9 Å². The quantitative estimate of drug-likeness (QED) is 0.897. The largest absolute Gasteiger partial charge is 0.497 e. The van der Waals surface area contributed by atoms with Crippen LogP contribution in [0.3, 0.4) is 0 Å². The van der Waals surface area contributed by atoms with Crippen molar-refractivity contribution < 1.29 is 4.74 Å². The molecule has 0 aliphatic heterocycles. The molecule has 1 aromatic heterocycles. The van der Waals surface area contributed by atoms with Gasteiger partial charge in [-0.2, -0.15) is 5.10 Å². The maximum absolute atomic E-state index is 6.10. The molecule has 0 amide bonds. The molecule has 1 saturated carbocycles. The number of nitrogens with two attached hydrogens (primary N) is 1. The minimum Gasteiger partial charge on any atom is -0.497 e. The third-order valence-corrected chi connectivity index (χ3v) is 4.63. The highest BCUT2D eigenvalue weighted by Gasteiger charge is 2.25. The van der Waals surface area contributed by atoms with Crippen LogP contribution in [0.1, 0.15) is 44.2 Å². The van der Waals surface area contributed by atoms with Crippen molar-refractivity contribution in [3.05, 3.63) is 30.0 Å². The number of benzene rings is 1. The smallest absolute Gasteiger partial charge is 0.153 e. The van der Waals surface area contributed by atoms with Crippen LogP contribution < -0.4 is 10.5 Å². The van der Waals surface area contributed by atoms with E-state index in [9.17, 15) is 0 Å². The molecular weight excluding hydrogens is 262 g/mol. The molecule has 112 valence electrons. The lowest BCUT2D eigenvalue weighted by Crippen LogP contribution is -2.12.